The van der Waals surface area contributed by atoms with Crippen molar-refractivity contribution in [1.82, 2.24) is 4.90 Å². The number of hydrogen-bond donors (Lipinski definition) is 2. The highest BCUT2D eigenvalue weighted by Gasteiger charge is 2.34. The van der Waals surface area contributed by atoms with E-state index in [9.17, 15) is 10.2 Å². The predicted octanol–water partition coefficient (Wildman–Crippen LogP) is 3.33. The minimum Gasteiger partial charge on any atom is -0.508 e. The van der Waals surface area contributed by atoms with Gasteiger partial charge in [0.05, 0.1) is 5.60 Å². The Balaban J connectivity index is 1.28. The van der Waals surface area contributed by atoms with Crippen molar-refractivity contribution in [3.05, 3.63) is 59.2 Å². The summed E-state index contributed by atoms with van der Waals surface area (Å²) >= 11 is 0. The van der Waals surface area contributed by atoms with Gasteiger partial charge in [-0.25, -0.2) is 0 Å². The molecule has 27 heavy (non-hydrogen) atoms. The molecular formula is C23H29NO3. The maximum atomic E-state index is 11.0. The standard InChI is InChI=1S/C23H29NO3/c1-2-17-3-5-18(6-4-17)15-23(26)9-11-24(12-10-23)16-21-14-19-13-20(25)7-8-22(19)27-21/h3-8,13,21,25-26H,2,9-12,14-16H2,1H3. The normalized spacial score (nSPS) is 21.6. The number of benzene rings is 2. The number of hydrogen-bond acceptors (Lipinski definition) is 4. The number of ether oxygens (including phenoxy) is 1. The molecule has 0 spiro atoms. The van der Waals surface area contributed by atoms with Crippen molar-refractivity contribution in [3.63, 3.8) is 0 Å². The van der Waals surface area contributed by atoms with Gasteiger partial charge in [-0.3, -0.25) is 4.90 Å². The fraction of sp³-hybridized carbons (Fsp3) is 0.478. The summed E-state index contributed by atoms with van der Waals surface area (Å²) in [6.45, 7) is 4.82. The second-order valence-electron chi connectivity index (χ2n) is 8.11. The highest BCUT2D eigenvalue weighted by atomic mass is 16.5. The van der Waals surface area contributed by atoms with Crippen molar-refractivity contribution < 1.29 is 14.9 Å². The quantitative estimate of drug-likeness (QED) is 0.851. The van der Waals surface area contributed by atoms with E-state index in [2.05, 4.69) is 36.1 Å². The molecular weight excluding hydrogens is 338 g/mol. The Morgan fingerprint density at radius 1 is 1.07 bits per heavy atom. The second kappa shape index (κ2) is 7.53. The number of aliphatic hydroxyl groups is 1. The summed E-state index contributed by atoms with van der Waals surface area (Å²) in [5.41, 5.74) is 3.04. The number of piperidine rings is 1. The van der Waals surface area contributed by atoms with Gasteiger partial charge in [0.15, 0.2) is 0 Å². The average Bonchev–Trinajstić information content (AvgIpc) is 3.06. The molecule has 2 N–H and O–H groups in total. The lowest BCUT2D eigenvalue weighted by Crippen LogP contribution is -2.48. The molecule has 0 amide bonds. The molecule has 0 bridgehead atoms. The Labute approximate surface area is 161 Å². The van der Waals surface area contributed by atoms with Gasteiger partial charge in [0.1, 0.15) is 17.6 Å². The van der Waals surface area contributed by atoms with Gasteiger partial charge in [-0.05, 0) is 48.6 Å². The summed E-state index contributed by atoms with van der Waals surface area (Å²) in [6.07, 6.45) is 4.34. The monoisotopic (exact) mass is 367 g/mol. The molecule has 2 aliphatic rings. The van der Waals surface area contributed by atoms with Crippen LogP contribution in [0, 0.1) is 0 Å². The Bertz CT molecular complexity index is 779. The molecule has 1 saturated heterocycles. The van der Waals surface area contributed by atoms with Crippen LogP contribution in [-0.2, 0) is 19.3 Å². The van der Waals surface area contributed by atoms with Gasteiger partial charge in [-0.15, -0.1) is 0 Å². The molecule has 2 aliphatic heterocycles. The van der Waals surface area contributed by atoms with Crippen LogP contribution in [0.15, 0.2) is 42.5 Å². The van der Waals surface area contributed by atoms with Crippen molar-refractivity contribution in [1.29, 1.82) is 0 Å². The van der Waals surface area contributed by atoms with Crippen LogP contribution in [0.4, 0.5) is 0 Å². The topological polar surface area (TPSA) is 52.9 Å². The fourth-order valence-corrected chi connectivity index (χ4v) is 4.30. The largest absolute Gasteiger partial charge is 0.508 e. The van der Waals surface area contributed by atoms with E-state index < -0.39 is 5.60 Å². The predicted molar refractivity (Wildman–Crippen MR) is 106 cm³/mol. The van der Waals surface area contributed by atoms with Crippen LogP contribution in [0.3, 0.4) is 0 Å². The van der Waals surface area contributed by atoms with Crippen LogP contribution in [0.2, 0.25) is 0 Å². The number of likely N-dealkylation sites (tertiary alicyclic amines) is 1. The zero-order valence-electron chi connectivity index (χ0n) is 16.0. The van der Waals surface area contributed by atoms with Crippen LogP contribution in [0.25, 0.3) is 0 Å². The molecule has 4 rings (SSSR count). The van der Waals surface area contributed by atoms with E-state index in [0.29, 0.717) is 5.75 Å². The first-order valence-electron chi connectivity index (χ1n) is 10.0. The third kappa shape index (κ3) is 4.28. The van der Waals surface area contributed by atoms with E-state index in [1.165, 1.54) is 11.1 Å². The van der Waals surface area contributed by atoms with E-state index in [1.54, 1.807) is 12.1 Å². The molecule has 2 heterocycles. The highest BCUT2D eigenvalue weighted by Crippen LogP contribution is 2.33. The zero-order chi connectivity index (χ0) is 18.9. The van der Waals surface area contributed by atoms with Crippen molar-refractivity contribution in [2.45, 2.75) is 50.7 Å². The molecule has 1 fully saturated rings. The van der Waals surface area contributed by atoms with E-state index in [-0.39, 0.29) is 6.10 Å². The molecule has 144 valence electrons. The van der Waals surface area contributed by atoms with E-state index in [1.807, 2.05) is 6.07 Å². The van der Waals surface area contributed by atoms with Gasteiger partial charge in [0, 0.05) is 38.0 Å². The van der Waals surface area contributed by atoms with Crippen LogP contribution in [0.1, 0.15) is 36.5 Å². The molecule has 0 radical (unpaired) electrons. The Kier molecular flexibility index (Phi) is 5.11. The Morgan fingerprint density at radius 3 is 2.48 bits per heavy atom. The first kappa shape index (κ1) is 18.3. The van der Waals surface area contributed by atoms with Gasteiger partial charge in [-0.1, -0.05) is 31.2 Å². The first-order chi connectivity index (χ1) is 13.0. The second-order valence-corrected chi connectivity index (χ2v) is 8.11. The maximum Gasteiger partial charge on any atom is 0.123 e. The Hall–Kier alpha value is -2.04. The third-order valence-electron chi connectivity index (χ3n) is 6.00. The van der Waals surface area contributed by atoms with Gasteiger partial charge in [0.25, 0.3) is 0 Å². The summed E-state index contributed by atoms with van der Waals surface area (Å²) < 4.78 is 6.02. The minimum atomic E-state index is -0.602. The van der Waals surface area contributed by atoms with E-state index in [0.717, 1.165) is 63.1 Å². The number of aryl methyl sites for hydroxylation is 1. The van der Waals surface area contributed by atoms with E-state index >= 15 is 0 Å². The van der Waals surface area contributed by atoms with Crippen molar-refractivity contribution in [2.75, 3.05) is 19.6 Å². The Morgan fingerprint density at radius 2 is 1.78 bits per heavy atom. The van der Waals surface area contributed by atoms with Gasteiger partial charge in [0.2, 0.25) is 0 Å². The van der Waals surface area contributed by atoms with E-state index in [4.69, 9.17) is 4.74 Å². The first-order valence-corrected chi connectivity index (χ1v) is 10.0. The average molecular weight is 367 g/mol. The highest BCUT2D eigenvalue weighted by molar-refractivity contribution is 5.42. The van der Waals surface area contributed by atoms with Crippen molar-refractivity contribution >= 4 is 0 Å². The van der Waals surface area contributed by atoms with Gasteiger partial charge >= 0.3 is 0 Å². The molecule has 2 aromatic rings. The lowest BCUT2D eigenvalue weighted by atomic mass is 9.85. The summed E-state index contributed by atoms with van der Waals surface area (Å²) in [6, 6.07) is 14.0. The molecule has 0 aromatic heterocycles. The molecule has 4 nitrogen and oxygen atoms in total. The lowest BCUT2D eigenvalue weighted by Gasteiger charge is -2.39. The van der Waals surface area contributed by atoms with Gasteiger partial charge in [-0.2, -0.15) is 0 Å². The molecule has 1 atom stereocenters. The van der Waals surface area contributed by atoms with Crippen LogP contribution in [0.5, 0.6) is 11.5 Å². The van der Waals surface area contributed by atoms with Crippen LogP contribution in [-0.4, -0.2) is 46.5 Å². The van der Waals surface area contributed by atoms with Crippen molar-refractivity contribution in [3.8, 4) is 11.5 Å². The maximum absolute atomic E-state index is 11.0. The number of fused-ring (bicyclic) bond motifs is 1. The smallest absolute Gasteiger partial charge is 0.123 e. The molecule has 0 aliphatic carbocycles. The van der Waals surface area contributed by atoms with Crippen molar-refractivity contribution in [2.24, 2.45) is 0 Å². The number of nitrogens with zero attached hydrogens (tertiary/aromatic N) is 1. The summed E-state index contributed by atoms with van der Waals surface area (Å²) in [5.74, 6) is 1.19. The number of aromatic hydroxyl groups is 1. The number of rotatable bonds is 5. The minimum absolute atomic E-state index is 0.134. The lowest BCUT2D eigenvalue weighted by molar-refractivity contribution is -0.0265. The zero-order valence-corrected chi connectivity index (χ0v) is 16.0. The van der Waals surface area contributed by atoms with Gasteiger partial charge < -0.3 is 14.9 Å². The summed E-state index contributed by atoms with van der Waals surface area (Å²) in [4.78, 5) is 2.39. The molecule has 0 saturated carbocycles. The molecule has 4 heteroatoms. The number of phenols is 1. The molecule has 1 unspecified atom stereocenters. The fourth-order valence-electron chi connectivity index (χ4n) is 4.30. The summed E-state index contributed by atoms with van der Waals surface area (Å²) in [5, 5.41) is 20.6. The van der Waals surface area contributed by atoms with Crippen LogP contribution >= 0.6 is 0 Å². The third-order valence-corrected chi connectivity index (χ3v) is 6.00. The molecule has 2 aromatic carbocycles. The SMILES string of the molecule is CCc1ccc(CC2(O)CCN(CC3Cc4cc(O)ccc4O3)CC2)cc1. The van der Waals surface area contributed by atoms with Crippen LogP contribution < -0.4 is 4.74 Å². The number of phenolic OH excluding ortho intramolecular Hbond substituents is 1. The summed E-state index contributed by atoms with van der Waals surface area (Å²) in [7, 11) is 0.